The monoisotopic (exact) mass is 265 g/mol. The Hall–Kier alpha value is -2.71. The number of nitrogens with one attached hydrogen (secondary N) is 1. The fourth-order valence-corrected chi connectivity index (χ4v) is 1.50. The van der Waals surface area contributed by atoms with E-state index < -0.39 is 16.4 Å². The summed E-state index contributed by atoms with van der Waals surface area (Å²) in [4.78, 5) is 21.5. The maximum absolute atomic E-state index is 11.3. The molecule has 1 amide bonds. The number of hydrogen-bond acceptors (Lipinski definition) is 7. The van der Waals surface area contributed by atoms with Crippen molar-refractivity contribution in [2.75, 3.05) is 5.32 Å². The Bertz CT molecular complexity index is 663. The highest BCUT2D eigenvalue weighted by atomic mass is 16.6. The van der Waals surface area contributed by atoms with Crippen LogP contribution in [0.15, 0.2) is 16.8 Å². The van der Waals surface area contributed by atoms with Crippen LogP contribution in [0, 0.1) is 10.1 Å². The van der Waals surface area contributed by atoms with Gasteiger partial charge in [0.2, 0.25) is 11.4 Å². The van der Waals surface area contributed by atoms with Crippen LogP contribution in [-0.4, -0.2) is 26.7 Å². The molecule has 1 aromatic heterocycles. The molecule has 9 heteroatoms. The summed E-state index contributed by atoms with van der Waals surface area (Å²) >= 11 is 0. The van der Waals surface area contributed by atoms with Gasteiger partial charge in [-0.3, -0.25) is 14.9 Å². The fourth-order valence-electron chi connectivity index (χ4n) is 1.50. The number of fused-ring (bicyclic) bond motifs is 1. The molecule has 0 saturated heterocycles. The van der Waals surface area contributed by atoms with Gasteiger partial charge in [-0.05, 0) is 30.2 Å². The molecule has 19 heavy (non-hydrogen) atoms. The number of amides is 1. The highest BCUT2D eigenvalue weighted by Crippen LogP contribution is 2.30. The van der Waals surface area contributed by atoms with Crippen LogP contribution in [0.25, 0.3) is 11.0 Å². The molecular weight excluding hydrogens is 254 g/mol. The number of nitro groups is 1. The Morgan fingerprint density at radius 3 is 2.63 bits per heavy atom. The van der Waals surface area contributed by atoms with E-state index in [4.69, 9.17) is 5.73 Å². The second-order valence-electron chi connectivity index (χ2n) is 4.47. The summed E-state index contributed by atoms with van der Waals surface area (Å²) in [6.45, 7) is 3.16. The second kappa shape index (κ2) is 4.19. The van der Waals surface area contributed by atoms with Crippen molar-refractivity contribution in [3.8, 4) is 0 Å². The lowest BCUT2D eigenvalue weighted by atomic mass is 10.0. The van der Waals surface area contributed by atoms with E-state index in [1.165, 1.54) is 12.1 Å². The van der Waals surface area contributed by atoms with E-state index in [9.17, 15) is 14.9 Å². The SMILES string of the molecule is CC(C)(Nc1ccc([N+](=O)[O-])c2nonc12)C(N)=O. The van der Waals surface area contributed by atoms with Gasteiger partial charge in [-0.1, -0.05) is 0 Å². The van der Waals surface area contributed by atoms with E-state index in [2.05, 4.69) is 20.3 Å². The minimum Gasteiger partial charge on any atom is -0.370 e. The summed E-state index contributed by atoms with van der Waals surface area (Å²) in [6, 6.07) is 2.68. The summed E-state index contributed by atoms with van der Waals surface area (Å²) in [7, 11) is 0. The number of rotatable bonds is 4. The van der Waals surface area contributed by atoms with Crippen LogP contribution in [0.5, 0.6) is 0 Å². The molecule has 0 spiro atoms. The molecule has 0 bridgehead atoms. The van der Waals surface area contributed by atoms with Crippen molar-refractivity contribution in [2.24, 2.45) is 5.73 Å². The molecule has 1 heterocycles. The van der Waals surface area contributed by atoms with Crippen LogP contribution in [0.2, 0.25) is 0 Å². The Kier molecular flexibility index (Phi) is 2.81. The molecule has 100 valence electrons. The molecule has 0 radical (unpaired) electrons. The van der Waals surface area contributed by atoms with Crippen LogP contribution in [0.3, 0.4) is 0 Å². The number of nitrogens with two attached hydrogens (primary N) is 1. The molecule has 3 N–H and O–H groups in total. The number of carbonyl (C=O) groups excluding carboxylic acids is 1. The van der Waals surface area contributed by atoms with E-state index in [1.54, 1.807) is 13.8 Å². The van der Waals surface area contributed by atoms with Gasteiger partial charge >= 0.3 is 5.69 Å². The average molecular weight is 265 g/mol. The molecule has 1 aromatic carbocycles. The highest BCUT2D eigenvalue weighted by Gasteiger charge is 2.27. The number of hydrogen-bond donors (Lipinski definition) is 2. The van der Waals surface area contributed by atoms with Gasteiger partial charge in [0.25, 0.3) is 0 Å². The Morgan fingerprint density at radius 2 is 2.05 bits per heavy atom. The molecule has 0 aliphatic carbocycles. The van der Waals surface area contributed by atoms with Gasteiger partial charge in [0.1, 0.15) is 5.54 Å². The van der Waals surface area contributed by atoms with E-state index >= 15 is 0 Å². The van der Waals surface area contributed by atoms with Crippen LogP contribution in [0.4, 0.5) is 11.4 Å². The van der Waals surface area contributed by atoms with Gasteiger partial charge < -0.3 is 11.1 Å². The number of aromatic nitrogens is 2. The molecule has 2 rings (SSSR count). The lowest BCUT2D eigenvalue weighted by Gasteiger charge is -2.23. The lowest BCUT2D eigenvalue weighted by molar-refractivity contribution is -0.383. The minimum absolute atomic E-state index is 0.00951. The van der Waals surface area contributed by atoms with Crippen LogP contribution >= 0.6 is 0 Å². The van der Waals surface area contributed by atoms with Gasteiger partial charge in [0.15, 0.2) is 5.52 Å². The number of non-ortho nitro benzene ring substituents is 1. The Balaban J connectivity index is 2.52. The molecule has 0 unspecified atom stereocenters. The maximum Gasteiger partial charge on any atom is 0.300 e. The number of primary amides is 1. The highest BCUT2D eigenvalue weighted by molar-refractivity contribution is 5.96. The third kappa shape index (κ3) is 2.17. The average Bonchev–Trinajstić information content (AvgIpc) is 2.77. The zero-order valence-corrected chi connectivity index (χ0v) is 10.2. The normalized spacial score (nSPS) is 11.5. The first-order chi connectivity index (χ1) is 8.83. The third-order valence-electron chi connectivity index (χ3n) is 2.65. The summed E-state index contributed by atoms with van der Waals surface area (Å²) in [5.74, 6) is -0.574. The van der Waals surface area contributed by atoms with Crippen molar-refractivity contribution in [3.63, 3.8) is 0 Å². The zero-order chi connectivity index (χ0) is 14.2. The zero-order valence-electron chi connectivity index (χ0n) is 10.2. The van der Waals surface area contributed by atoms with Gasteiger partial charge in [-0.15, -0.1) is 0 Å². The van der Waals surface area contributed by atoms with Gasteiger partial charge in [-0.25, -0.2) is 4.63 Å². The van der Waals surface area contributed by atoms with E-state index in [1.807, 2.05) is 0 Å². The summed E-state index contributed by atoms with van der Waals surface area (Å²) in [5.41, 5.74) is 4.54. The predicted octanol–water partition coefficient (Wildman–Crippen LogP) is 0.807. The van der Waals surface area contributed by atoms with E-state index in [0.29, 0.717) is 5.69 Å². The number of nitrogens with zero attached hydrogens (tertiary/aromatic N) is 3. The quantitative estimate of drug-likeness (QED) is 0.616. The molecule has 0 fully saturated rings. The lowest BCUT2D eigenvalue weighted by Crippen LogP contribution is -2.45. The topological polar surface area (TPSA) is 137 Å². The van der Waals surface area contributed by atoms with Crippen molar-refractivity contribution in [3.05, 3.63) is 22.2 Å². The Labute approximate surface area is 106 Å². The van der Waals surface area contributed by atoms with Crippen molar-refractivity contribution in [1.29, 1.82) is 0 Å². The fraction of sp³-hybridized carbons (Fsp3) is 0.300. The first-order valence-electron chi connectivity index (χ1n) is 5.30. The van der Waals surface area contributed by atoms with Gasteiger partial charge in [0.05, 0.1) is 10.6 Å². The number of carbonyl (C=O) groups is 1. The first kappa shape index (κ1) is 12.7. The van der Waals surface area contributed by atoms with Gasteiger partial charge in [-0.2, -0.15) is 0 Å². The van der Waals surface area contributed by atoms with Crippen molar-refractivity contribution >= 4 is 28.3 Å². The first-order valence-corrected chi connectivity index (χ1v) is 5.30. The largest absolute Gasteiger partial charge is 0.370 e. The minimum atomic E-state index is -1.04. The molecule has 0 atom stereocenters. The van der Waals surface area contributed by atoms with Crippen LogP contribution in [-0.2, 0) is 4.79 Å². The molecule has 0 aliphatic rings. The molecular formula is C10H11N5O4. The van der Waals surface area contributed by atoms with E-state index in [-0.39, 0.29) is 16.7 Å². The van der Waals surface area contributed by atoms with Crippen LogP contribution in [0.1, 0.15) is 13.8 Å². The van der Waals surface area contributed by atoms with Gasteiger partial charge in [0, 0.05) is 6.07 Å². The molecule has 0 aliphatic heterocycles. The standard InChI is InChI=1S/C10H11N5O4/c1-10(2,9(11)16)12-5-3-4-6(15(17)18)8-7(5)13-19-14-8/h3-4,12H,1-2H3,(H2,11,16). The smallest absolute Gasteiger partial charge is 0.300 e. The number of nitro benzene ring substituents is 1. The van der Waals surface area contributed by atoms with Crippen molar-refractivity contribution in [2.45, 2.75) is 19.4 Å². The van der Waals surface area contributed by atoms with E-state index in [0.717, 1.165) is 0 Å². The maximum atomic E-state index is 11.3. The molecule has 0 saturated carbocycles. The van der Waals surface area contributed by atoms with Crippen molar-refractivity contribution < 1.29 is 14.3 Å². The summed E-state index contributed by atoms with van der Waals surface area (Å²) in [6.07, 6.45) is 0. The van der Waals surface area contributed by atoms with Crippen molar-refractivity contribution in [1.82, 2.24) is 10.3 Å². The number of benzene rings is 1. The third-order valence-corrected chi connectivity index (χ3v) is 2.65. The summed E-state index contributed by atoms with van der Waals surface area (Å²) < 4.78 is 4.51. The predicted molar refractivity (Wildman–Crippen MR) is 65.4 cm³/mol. The summed E-state index contributed by atoms with van der Waals surface area (Å²) in [5, 5.41) is 20.8. The second-order valence-corrected chi connectivity index (χ2v) is 4.47. The molecule has 9 nitrogen and oxygen atoms in total. The molecule has 2 aromatic rings. The van der Waals surface area contributed by atoms with Crippen LogP contribution < -0.4 is 11.1 Å². The number of anilines is 1. The Morgan fingerprint density at radius 1 is 1.42 bits per heavy atom.